The normalized spacial score (nSPS) is 13.4. The fraction of sp³-hybridized carbons (Fsp3) is 0.441. The summed E-state index contributed by atoms with van der Waals surface area (Å²) in [6.07, 6.45) is 11.4. The number of pyridine rings is 3. The van der Waals surface area contributed by atoms with Gasteiger partial charge in [-0.05, 0) is 75.5 Å². The number of halogens is 6. The third-order valence-corrected chi connectivity index (χ3v) is 9.09. The second-order valence-corrected chi connectivity index (χ2v) is 17.7. The van der Waals surface area contributed by atoms with E-state index in [-0.39, 0.29) is 81.8 Å². The first-order valence-corrected chi connectivity index (χ1v) is 22.7. The fourth-order valence-electron chi connectivity index (χ4n) is 4.07. The first kappa shape index (κ1) is 63.3. The number of ether oxygens (including phenoxy) is 2. The molecule has 3 aromatic rings. The van der Waals surface area contributed by atoms with E-state index < -0.39 is 19.1 Å². The molecule has 0 saturated heterocycles. The SMILES string of the molecule is COC(=O)C[C@@H](C)N.COC(=O)C[C@@H](C)Nc1c(Br)cncc1[N+](=O)[O-].C[C@@H](N)CC=O.C[C@@H]1CC(=O)Cc2cncc(Br)c2N1.O=S(Cl)Cl.O=[N+]([O-])c1cncc(Br)c1Cl.[Fe]. The minimum absolute atomic E-state index is 0. The van der Waals surface area contributed by atoms with Gasteiger partial charge in [-0.3, -0.25) is 49.6 Å². The average molecular weight is 1190 g/mol. The molecule has 0 unspecified atom stereocenters. The number of nitrogens with two attached hydrogens (primary N) is 2. The molecule has 20 nitrogen and oxygen atoms in total. The molecule has 0 aliphatic carbocycles. The summed E-state index contributed by atoms with van der Waals surface area (Å²) in [7, 11) is 10.0. The number of Topliss-reactive ketones (excluding diaryl/α,β-unsaturated/α-hetero) is 1. The Bertz CT molecular complexity index is 1930. The molecule has 0 fully saturated rings. The summed E-state index contributed by atoms with van der Waals surface area (Å²) in [6, 6.07) is -0.165. The van der Waals surface area contributed by atoms with Crippen molar-refractivity contribution in [3.05, 3.63) is 81.4 Å². The second kappa shape index (κ2) is 35.4. The number of nitro groups is 2. The molecule has 0 spiro atoms. The van der Waals surface area contributed by atoms with Crippen LogP contribution >= 0.6 is 80.8 Å². The van der Waals surface area contributed by atoms with E-state index in [4.69, 9.17) is 27.3 Å². The Balaban J connectivity index is -0.000000713. The van der Waals surface area contributed by atoms with E-state index in [0.29, 0.717) is 40.3 Å². The van der Waals surface area contributed by atoms with Crippen LogP contribution in [0.3, 0.4) is 0 Å². The number of aldehydes is 1. The Morgan fingerprint density at radius 1 is 0.919 bits per heavy atom. The molecule has 0 bridgehead atoms. The topological polar surface area (TPSA) is 305 Å². The fourth-order valence-corrected chi connectivity index (χ4v) is 5.48. The number of anilines is 2. The molecule has 1 aliphatic heterocycles. The van der Waals surface area contributed by atoms with Crippen LogP contribution in [0.2, 0.25) is 5.02 Å². The summed E-state index contributed by atoms with van der Waals surface area (Å²) in [5, 5.41) is 27.4. The van der Waals surface area contributed by atoms with Crippen molar-refractivity contribution < 1.29 is 59.8 Å². The molecular formula is C34H45Br3Cl3FeN9O11S. The van der Waals surface area contributed by atoms with E-state index in [2.05, 4.69) is 104 Å². The number of nitrogens with zero attached hydrogens (tertiary/aromatic N) is 5. The van der Waals surface area contributed by atoms with Crippen LogP contribution in [-0.2, 0) is 61.4 Å². The van der Waals surface area contributed by atoms with Crippen molar-refractivity contribution in [3.8, 4) is 0 Å². The second-order valence-electron chi connectivity index (χ2n) is 12.3. The number of methoxy groups -OCH3 is 2. The Labute approximate surface area is 410 Å². The van der Waals surface area contributed by atoms with Gasteiger partial charge in [0.05, 0.1) is 56.0 Å². The Morgan fingerprint density at radius 2 is 1.39 bits per heavy atom. The molecule has 0 aromatic carbocycles. The molecule has 3 aromatic heterocycles. The van der Waals surface area contributed by atoms with Gasteiger partial charge in [-0.25, -0.2) is 4.21 Å². The van der Waals surface area contributed by atoms with Gasteiger partial charge in [0, 0.05) is 112 Å². The minimum Gasteiger partial charge on any atom is -0.469 e. The van der Waals surface area contributed by atoms with Gasteiger partial charge in [-0.1, -0.05) is 11.6 Å². The predicted molar refractivity (Wildman–Crippen MR) is 245 cm³/mol. The standard InChI is InChI=1S/C10H12BrN3O4.C10H11BrN2O.C5H2BrClN2O2.C5H11NO2.C4H9NO.Cl2OS.Fe/c1-6(3-9(15)18-2)13-10-7(11)4-12-5-8(10)14(16)17;1-6-2-8(14)3-7-4-12-5-9(11)10(7)13-6;6-3-1-8-2-4(5(3)7)9(10)11;1-4(6)3-5(7)8-2;1-4(5)2-3-6;1-4(2)3;/h4-6H,3H2,1-2H3,(H,12,13);4-6,13H,2-3H2,1H3;1-2H;4H,3,6H2,1-2H3;3-4H,2,5H2,1H3;;/t2*6-;;2*4-;;/m11.11../s1. The summed E-state index contributed by atoms with van der Waals surface area (Å²) in [4.78, 5) is 73.8. The van der Waals surface area contributed by atoms with E-state index in [1.54, 1.807) is 33.2 Å². The van der Waals surface area contributed by atoms with Crippen LogP contribution < -0.4 is 22.1 Å². The smallest absolute Gasteiger partial charge is 0.311 e. The molecule has 4 rings (SSSR count). The van der Waals surface area contributed by atoms with E-state index in [9.17, 15) is 39.4 Å². The average Bonchev–Trinajstić information content (AvgIpc) is 3.30. The monoisotopic (exact) mass is 1180 g/mol. The number of esters is 2. The molecule has 0 radical (unpaired) electrons. The summed E-state index contributed by atoms with van der Waals surface area (Å²) in [6.45, 7) is 7.30. The summed E-state index contributed by atoms with van der Waals surface area (Å²) < 4.78 is 19.8. The maximum absolute atomic E-state index is 11.5. The number of rotatable bonds is 10. The largest absolute Gasteiger partial charge is 0.469 e. The Morgan fingerprint density at radius 3 is 1.81 bits per heavy atom. The number of aromatic nitrogens is 3. The van der Waals surface area contributed by atoms with Gasteiger partial charge in [0.15, 0.2) is 0 Å². The number of hydrogen-bond acceptors (Lipinski definition) is 18. The van der Waals surface area contributed by atoms with Gasteiger partial charge < -0.3 is 36.4 Å². The number of carbonyl (C=O) groups is 4. The predicted octanol–water partition coefficient (Wildman–Crippen LogP) is 7.54. The molecule has 4 heterocycles. The van der Waals surface area contributed by atoms with E-state index in [0.717, 1.165) is 34.4 Å². The Kier molecular flexibility index (Phi) is 36.1. The van der Waals surface area contributed by atoms with Crippen molar-refractivity contribution in [1.82, 2.24) is 15.0 Å². The molecule has 62 heavy (non-hydrogen) atoms. The number of ketones is 1. The zero-order chi connectivity index (χ0) is 47.4. The molecule has 6 N–H and O–H groups in total. The molecule has 28 heteroatoms. The third kappa shape index (κ3) is 29.4. The van der Waals surface area contributed by atoms with E-state index in [1.165, 1.54) is 26.6 Å². The van der Waals surface area contributed by atoms with Crippen molar-refractivity contribution in [2.75, 3.05) is 24.9 Å². The van der Waals surface area contributed by atoms with Crippen molar-refractivity contribution >= 4 is 137 Å². The molecule has 0 saturated carbocycles. The van der Waals surface area contributed by atoms with Gasteiger partial charge in [0.1, 0.15) is 35.2 Å². The molecular weight excluding hydrogens is 1140 g/mol. The van der Waals surface area contributed by atoms with E-state index in [1.807, 2.05) is 6.92 Å². The Hall–Kier alpha value is -2.97. The van der Waals surface area contributed by atoms with Gasteiger partial charge in [-0.15, -0.1) is 0 Å². The van der Waals surface area contributed by atoms with E-state index >= 15 is 0 Å². The van der Waals surface area contributed by atoms with Gasteiger partial charge in [0.25, 0.3) is 0 Å². The quantitative estimate of drug-likeness (QED) is 0.0380. The van der Waals surface area contributed by atoms with Crippen LogP contribution in [0.25, 0.3) is 0 Å². The van der Waals surface area contributed by atoms with Gasteiger partial charge >= 0.3 is 23.3 Å². The third-order valence-electron chi connectivity index (χ3n) is 6.66. The number of nitrogens with one attached hydrogen (secondary N) is 2. The number of fused-ring (bicyclic) bond motifs is 1. The van der Waals surface area contributed by atoms with Crippen LogP contribution in [0.15, 0.2) is 50.6 Å². The van der Waals surface area contributed by atoms with Crippen LogP contribution in [0.5, 0.6) is 0 Å². The van der Waals surface area contributed by atoms with Crippen molar-refractivity contribution in [1.29, 1.82) is 0 Å². The van der Waals surface area contributed by atoms with Gasteiger partial charge in [0.2, 0.25) is 9.23 Å². The minimum atomic E-state index is -1.67. The van der Waals surface area contributed by atoms with Crippen LogP contribution in [-0.4, -0.2) is 91.4 Å². The molecule has 4 atom stereocenters. The van der Waals surface area contributed by atoms with Crippen LogP contribution in [0, 0.1) is 20.2 Å². The molecule has 0 amide bonds. The zero-order valence-electron chi connectivity index (χ0n) is 33.8. The summed E-state index contributed by atoms with van der Waals surface area (Å²) in [5.41, 5.74) is 12.4. The zero-order valence-corrected chi connectivity index (χ0v) is 42.7. The maximum atomic E-state index is 11.5. The number of hydrogen-bond donors (Lipinski definition) is 4. The first-order valence-electron chi connectivity index (χ1n) is 17.1. The maximum Gasteiger partial charge on any atom is 0.311 e. The number of carbonyl (C=O) groups excluding carboxylic acids is 4. The van der Waals surface area contributed by atoms with Crippen molar-refractivity contribution in [2.24, 2.45) is 11.5 Å². The molecule has 1 aliphatic rings. The molecule has 348 valence electrons. The van der Waals surface area contributed by atoms with Crippen LogP contribution in [0.4, 0.5) is 22.7 Å². The summed E-state index contributed by atoms with van der Waals surface area (Å²) >= 11 is 15.2. The van der Waals surface area contributed by atoms with Gasteiger partial charge in [-0.2, -0.15) is 0 Å². The van der Waals surface area contributed by atoms with Crippen LogP contribution in [0.1, 0.15) is 58.9 Å². The summed E-state index contributed by atoms with van der Waals surface area (Å²) in [5.74, 6) is -0.369. The first-order chi connectivity index (χ1) is 28.4. The van der Waals surface area contributed by atoms with Crippen molar-refractivity contribution in [3.63, 3.8) is 0 Å². The van der Waals surface area contributed by atoms with Crippen molar-refractivity contribution in [2.45, 2.75) is 84.0 Å².